The van der Waals surface area contributed by atoms with E-state index in [0.717, 1.165) is 5.75 Å². The average molecular weight is 318 g/mol. The van der Waals surface area contributed by atoms with Crippen LogP contribution in [0.25, 0.3) is 0 Å². The van der Waals surface area contributed by atoms with Crippen molar-refractivity contribution in [1.29, 1.82) is 0 Å². The summed E-state index contributed by atoms with van der Waals surface area (Å²) in [5, 5.41) is 20.7. The molecular formula is C18H22O5. The highest BCUT2D eigenvalue weighted by atomic mass is 16.7. The molecule has 5 nitrogen and oxygen atoms in total. The largest absolute Gasteiger partial charge is 0.497 e. The Balaban J connectivity index is 1.63. The van der Waals surface area contributed by atoms with Crippen LogP contribution in [-0.2, 0) is 9.47 Å². The second kappa shape index (κ2) is 6.50. The van der Waals surface area contributed by atoms with Gasteiger partial charge in [-0.25, -0.2) is 0 Å². The lowest BCUT2D eigenvalue weighted by atomic mass is 9.81. The van der Waals surface area contributed by atoms with Crippen LogP contribution in [0.2, 0.25) is 0 Å². The molecule has 23 heavy (non-hydrogen) atoms. The lowest BCUT2D eigenvalue weighted by Crippen LogP contribution is -2.42. The smallest absolute Gasteiger partial charge is 0.168 e. The lowest BCUT2D eigenvalue weighted by molar-refractivity contribution is -0.195. The van der Waals surface area contributed by atoms with Gasteiger partial charge in [0.2, 0.25) is 0 Å². The van der Waals surface area contributed by atoms with Crippen LogP contribution >= 0.6 is 0 Å². The normalized spacial score (nSPS) is 23.1. The summed E-state index contributed by atoms with van der Waals surface area (Å²) >= 11 is 0. The minimum absolute atomic E-state index is 0.481. The molecular weight excluding hydrogens is 296 g/mol. The summed E-state index contributed by atoms with van der Waals surface area (Å²) in [6.45, 7) is 1.22. The molecule has 1 aliphatic carbocycles. The standard InChI is InChI=1S/C18H22O5/c1-21-15-4-2-14(3-5-15)16(19)6-7-17(20)8-10-18(11-9-17)22-12-13-23-18/h2-5,16,19-20H,8-13H2,1H3. The molecule has 1 heterocycles. The Morgan fingerprint density at radius 1 is 1.09 bits per heavy atom. The van der Waals surface area contributed by atoms with Gasteiger partial charge in [-0.05, 0) is 30.5 Å². The molecule has 1 saturated heterocycles. The summed E-state index contributed by atoms with van der Waals surface area (Å²) in [7, 11) is 1.59. The van der Waals surface area contributed by atoms with E-state index in [1.165, 1.54) is 0 Å². The number of ether oxygens (including phenoxy) is 3. The van der Waals surface area contributed by atoms with E-state index in [-0.39, 0.29) is 0 Å². The van der Waals surface area contributed by atoms with Gasteiger partial charge in [0.1, 0.15) is 17.5 Å². The number of aliphatic hydroxyl groups is 2. The van der Waals surface area contributed by atoms with E-state index in [4.69, 9.17) is 14.2 Å². The molecule has 0 aromatic heterocycles. The Bertz CT molecular complexity index is 582. The van der Waals surface area contributed by atoms with E-state index in [2.05, 4.69) is 11.8 Å². The molecule has 2 N–H and O–H groups in total. The van der Waals surface area contributed by atoms with Gasteiger partial charge < -0.3 is 24.4 Å². The van der Waals surface area contributed by atoms with Crippen molar-refractivity contribution >= 4 is 0 Å². The van der Waals surface area contributed by atoms with Crippen LogP contribution in [0.3, 0.4) is 0 Å². The summed E-state index contributed by atoms with van der Waals surface area (Å²) in [5.41, 5.74) is -0.412. The number of hydrogen-bond donors (Lipinski definition) is 2. The van der Waals surface area contributed by atoms with Crippen molar-refractivity contribution in [2.24, 2.45) is 0 Å². The Kier molecular flexibility index (Phi) is 4.60. The van der Waals surface area contributed by atoms with Gasteiger partial charge in [0.05, 0.1) is 20.3 Å². The summed E-state index contributed by atoms with van der Waals surface area (Å²) in [4.78, 5) is 0. The first-order chi connectivity index (χ1) is 11.0. The molecule has 1 unspecified atom stereocenters. The van der Waals surface area contributed by atoms with Crippen molar-refractivity contribution in [1.82, 2.24) is 0 Å². The van der Waals surface area contributed by atoms with Gasteiger partial charge in [-0.1, -0.05) is 24.0 Å². The zero-order valence-electron chi connectivity index (χ0n) is 13.2. The molecule has 1 aliphatic heterocycles. The maximum Gasteiger partial charge on any atom is 0.168 e. The molecule has 2 aliphatic rings. The molecule has 1 aromatic rings. The Hall–Kier alpha value is -1.58. The Morgan fingerprint density at radius 3 is 2.26 bits per heavy atom. The van der Waals surface area contributed by atoms with Crippen molar-refractivity contribution in [2.45, 2.75) is 43.2 Å². The average Bonchev–Trinajstić information content (AvgIpc) is 3.05. The van der Waals surface area contributed by atoms with E-state index < -0.39 is 17.5 Å². The van der Waals surface area contributed by atoms with Crippen molar-refractivity contribution in [3.63, 3.8) is 0 Å². The molecule has 0 amide bonds. The third-order valence-corrected chi connectivity index (χ3v) is 4.53. The Labute approximate surface area is 136 Å². The van der Waals surface area contributed by atoms with E-state index in [1.54, 1.807) is 31.4 Å². The molecule has 124 valence electrons. The summed E-state index contributed by atoms with van der Waals surface area (Å²) in [6.07, 6.45) is 1.28. The number of methoxy groups -OCH3 is 1. The van der Waals surface area contributed by atoms with Crippen molar-refractivity contribution < 1.29 is 24.4 Å². The number of benzene rings is 1. The summed E-state index contributed by atoms with van der Waals surface area (Å²) in [6, 6.07) is 7.07. The quantitative estimate of drug-likeness (QED) is 0.814. The second-order valence-electron chi connectivity index (χ2n) is 6.08. The molecule has 0 radical (unpaired) electrons. The third-order valence-electron chi connectivity index (χ3n) is 4.53. The highest BCUT2D eigenvalue weighted by molar-refractivity contribution is 5.32. The Morgan fingerprint density at radius 2 is 1.70 bits per heavy atom. The van der Waals surface area contributed by atoms with Crippen LogP contribution in [0.5, 0.6) is 5.75 Å². The molecule has 2 fully saturated rings. The number of rotatable bonds is 2. The van der Waals surface area contributed by atoms with Gasteiger partial charge in [-0.2, -0.15) is 0 Å². The SMILES string of the molecule is COc1ccc(C(O)C#CC2(O)CCC3(CC2)OCCO3)cc1. The van der Waals surface area contributed by atoms with E-state index in [0.29, 0.717) is 44.5 Å². The maximum absolute atomic E-state index is 10.6. The minimum Gasteiger partial charge on any atom is -0.497 e. The van der Waals surface area contributed by atoms with Gasteiger partial charge in [-0.3, -0.25) is 0 Å². The fourth-order valence-electron chi connectivity index (χ4n) is 3.03. The molecule has 3 rings (SSSR count). The van der Waals surface area contributed by atoms with Crippen molar-refractivity contribution in [2.75, 3.05) is 20.3 Å². The molecule has 5 heteroatoms. The molecule has 0 bridgehead atoms. The van der Waals surface area contributed by atoms with Crippen LogP contribution in [0.4, 0.5) is 0 Å². The fourth-order valence-corrected chi connectivity index (χ4v) is 3.03. The highest BCUT2D eigenvalue weighted by Gasteiger charge is 2.44. The third kappa shape index (κ3) is 3.67. The summed E-state index contributed by atoms with van der Waals surface area (Å²) in [5.74, 6) is 5.80. The van der Waals surface area contributed by atoms with E-state index >= 15 is 0 Å². The van der Waals surface area contributed by atoms with Crippen molar-refractivity contribution in [3.05, 3.63) is 29.8 Å². The van der Waals surface area contributed by atoms with Gasteiger partial charge >= 0.3 is 0 Å². The zero-order chi connectivity index (χ0) is 16.3. The number of aliphatic hydroxyl groups excluding tert-OH is 1. The maximum atomic E-state index is 10.6. The second-order valence-corrected chi connectivity index (χ2v) is 6.08. The lowest BCUT2D eigenvalue weighted by Gasteiger charge is -2.37. The van der Waals surface area contributed by atoms with Gasteiger partial charge in [0, 0.05) is 12.8 Å². The van der Waals surface area contributed by atoms with Crippen molar-refractivity contribution in [3.8, 4) is 17.6 Å². The highest BCUT2D eigenvalue weighted by Crippen LogP contribution is 2.40. The van der Waals surface area contributed by atoms with Crippen LogP contribution in [-0.4, -0.2) is 41.9 Å². The molecule has 1 saturated carbocycles. The van der Waals surface area contributed by atoms with E-state index in [1.807, 2.05) is 0 Å². The first kappa shape index (κ1) is 16.3. The van der Waals surface area contributed by atoms with Crippen LogP contribution in [0.1, 0.15) is 37.4 Å². The van der Waals surface area contributed by atoms with Crippen LogP contribution in [0.15, 0.2) is 24.3 Å². The van der Waals surface area contributed by atoms with E-state index in [9.17, 15) is 10.2 Å². The molecule has 1 atom stereocenters. The minimum atomic E-state index is -1.09. The monoisotopic (exact) mass is 318 g/mol. The van der Waals surface area contributed by atoms with Gasteiger partial charge in [0.15, 0.2) is 5.79 Å². The first-order valence-electron chi connectivity index (χ1n) is 7.89. The molecule has 1 spiro atoms. The van der Waals surface area contributed by atoms with Crippen LogP contribution < -0.4 is 4.74 Å². The zero-order valence-corrected chi connectivity index (χ0v) is 13.2. The summed E-state index contributed by atoms with van der Waals surface area (Å²) < 4.78 is 16.4. The first-order valence-corrected chi connectivity index (χ1v) is 7.89. The van der Waals surface area contributed by atoms with Crippen LogP contribution in [0, 0.1) is 11.8 Å². The van der Waals surface area contributed by atoms with Gasteiger partial charge in [-0.15, -0.1) is 0 Å². The fraction of sp³-hybridized carbons (Fsp3) is 0.556. The molecule has 1 aromatic carbocycles. The van der Waals surface area contributed by atoms with Gasteiger partial charge in [0.25, 0.3) is 0 Å². The topological polar surface area (TPSA) is 68.2 Å². The predicted octanol–water partition coefficient (Wildman–Crippen LogP) is 1.78. The number of hydrogen-bond acceptors (Lipinski definition) is 5. The predicted molar refractivity (Wildman–Crippen MR) is 83.8 cm³/mol.